The molecule has 2 N–H and O–H groups in total. The lowest BCUT2D eigenvalue weighted by molar-refractivity contribution is 0.219. The zero-order valence-corrected chi connectivity index (χ0v) is 18.1. The number of likely N-dealkylation sites (N-methyl/N-ethyl adjacent to an activating group) is 1. The van der Waals surface area contributed by atoms with Gasteiger partial charge >= 0.3 is 0 Å². The molecule has 0 fully saturated rings. The van der Waals surface area contributed by atoms with Crippen molar-refractivity contribution in [2.75, 3.05) is 26.7 Å². The summed E-state index contributed by atoms with van der Waals surface area (Å²) in [5, 5.41) is 15.7. The van der Waals surface area contributed by atoms with Crippen molar-refractivity contribution >= 4 is 5.96 Å². The first kappa shape index (κ1) is 21.3. The fraction of sp³-hybridized carbons (Fsp3) is 0.591. The maximum absolute atomic E-state index is 4.41. The molecule has 0 aliphatic carbocycles. The van der Waals surface area contributed by atoms with Crippen LogP contribution >= 0.6 is 0 Å². The third-order valence-electron chi connectivity index (χ3n) is 5.72. The summed E-state index contributed by atoms with van der Waals surface area (Å²) in [5.41, 5.74) is 1.32. The van der Waals surface area contributed by atoms with Gasteiger partial charge in [-0.05, 0) is 31.5 Å². The van der Waals surface area contributed by atoms with Crippen molar-refractivity contribution in [3.63, 3.8) is 0 Å². The lowest BCUT2D eigenvalue weighted by Gasteiger charge is -2.30. The highest BCUT2D eigenvalue weighted by Gasteiger charge is 2.19. The maximum atomic E-state index is 4.41. The van der Waals surface area contributed by atoms with E-state index in [1.165, 1.54) is 24.8 Å². The number of aryl methyl sites for hydroxylation is 1. The van der Waals surface area contributed by atoms with Crippen molar-refractivity contribution < 1.29 is 0 Å². The van der Waals surface area contributed by atoms with Crippen LogP contribution < -0.4 is 10.6 Å². The topological polar surface area (TPSA) is 70.4 Å². The minimum absolute atomic E-state index is 0.300. The number of guanidine groups is 1. The second kappa shape index (κ2) is 11.0. The average molecular weight is 398 g/mol. The van der Waals surface area contributed by atoms with E-state index in [1.807, 2.05) is 7.05 Å². The van der Waals surface area contributed by atoms with Crippen LogP contribution in [0.15, 0.2) is 35.3 Å². The van der Waals surface area contributed by atoms with Gasteiger partial charge in [-0.25, -0.2) is 0 Å². The van der Waals surface area contributed by atoms with Crippen LogP contribution in [0.3, 0.4) is 0 Å². The van der Waals surface area contributed by atoms with E-state index in [2.05, 4.69) is 79.5 Å². The molecule has 0 spiro atoms. The number of fused-ring (bicyclic) bond motifs is 1. The van der Waals surface area contributed by atoms with Gasteiger partial charge in [-0.2, -0.15) is 0 Å². The van der Waals surface area contributed by atoms with E-state index < -0.39 is 0 Å². The summed E-state index contributed by atoms with van der Waals surface area (Å²) >= 11 is 0. The van der Waals surface area contributed by atoms with Gasteiger partial charge in [0.1, 0.15) is 5.82 Å². The van der Waals surface area contributed by atoms with Crippen LogP contribution in [0.5, 0.6) is 0 Å². The number of rotatable bonds is 8. The second-order valence-corrected chi connectivity index (χ2v) is 7.45. The van der Waals surface area contributed by atoms with E-state index in [0.717, 1.165) is 50.2 Å². The Bertz CT molecular complexity index is 765. The van der Waals surface area contributed by atoms with Gasteiger partial charge in [0.25, 0.3) is 0 Å². The molecule has 3 rings (SSSR count). The van der Waals surface area contributed by atoms with Crippen LogP contribution in [0, 0.1) is 0 Å². The van der Waals surface area contributed by atoms with Gasteiger partial charge in [0.15, 0.2) is 11.8 Å². The summed E-state index contributed by atoms with van der Waals surface area (Å²) in [6, 6.07) is 11.0. The van der Waals surface area contributed by atoms with Gasteiger partial charge in [-0.15, -0.1) is 10.2 Å². The molecule has 29 heavy (non-hydrogen) atoms. The molecule has 1 atom stereocenters. The molecule has 0 radical (unpaired) electrons. The number of hydrogen-bond acceptors (Lipinski definition) is 4. The van der Waals surface area contributed by atoms with Gasteiger partial charge < -0.3 is 15.2 Å². The van der Waals surface area contributed by atoms with Crippen molar-refractivity contribution in [3.8, 4) is 0 Å². The van der Waals surface area contributed by atoms with Gasteiger partial charge in [0, 0.05) is 26.6 Å². The molecule has 1 aliphatic rings. The number of aromatic nitrogens is 3. The van der Waals surface area contributed by atoms with Gasteiger partial charge in [0.2, 0.25) is 0 Å². The van der Waals surface area contributed by atoms with Crippen molar-refractivity contribution in [2.45, 2.75) is 58.7 Å². The van der Waals surface area contributed by atoms with E-state index >= 15 is 0 Å². The predicted octanol–water partition coefficient (Wildman–Crippen LogP) is 2.75. The fourth-order valence-corrected chi connectivity index (χ4v) is 4.05. The highest BCUT2D eigenvalue weighted by molar-refractivity contribution is 5.79. The maximum Gasteiger partial charge on any atom is 0.191 e. The van der Waals surface area contributed by atoms with E-state index in [-0.39, 0.29) is 0 Å². The van der Waals surface area contributed by atoms with E-state index in [1.54, 1.807) is 0 Å². The first-order valence-electron chi connectivity index (χ1n) is 10.9. The van der Waals surface area contributed by atoms with Crippen molar-refractivity contribution in [1.29, 1.82) is 0 Å². The van der Waals surface area contributed by atoms with Crippen LogP contribution in [0.2, 0.25) is 0 Å². The van der Waals surface area contributed by atoms with Gasteiger partial charge in [-0.3, -0.25) is 9.89 Å². The summed E-state index contributed by atoms with van der Waals surface area (Å²) in [7, 11) is 1.81. The summed E-state index contributed by atoms with van der Waals surface area (Å²) in [5.74, 6) is 2.91. The minimum atomic E-state index is 0.300. The number of benzene rings is 1. The van der Waals surface area contributed by atoms with E-state index in [0.29, 0.717) is 12.6 Å². The molecule has 2 heterocycles. The molecule has 0 saturated heterocycles. The minimum Gasteiger partial charge on any atom is -0.354 e. The molecule has 0 bridgehead atoms. The Morgan fingerprint density at radius 1 is 1.10 bits per heavy atom. The standard InChI is InChI=1S/C22H35N7/c1-4-28(5-2)19(18-12-8-6-9-13-18)16-24-22(23-3)25-17-21-27-26-20-14-10-7-11-15-29(20)21/h6,8-9,12-13,19H,4-5,7,10-11,14-17H2,1-3H3,(H2,23,24,25). The molecular weight excluding hydrogens is 362 g/mol. The fourth-order valence-electron chi connectivity index (χ4n) is 4.05. The molecule has 158 valence electrons. The molecule has 2 aromatic rings. The average Bonchev–Trinajstić information content (AvgIpc) is 2.99. The Kier molecular flexibility index (Phi) is 8.04. The predicted molar refractivity (Wildman–Crippen MR) is 118 cm³/mol. The smallest absolute Gasteiger partial charge is 0.191 e. The Hall–Kier alpha value is -2.41. The largest absolute Gasteiger partial charge is 0.354 e. The molecule has 1 aliphatic heterocycles. The quantitative estimate of drug-likeness (QED) is 0.529. The van der Waals surface area contributed by atoms with Gasteiger partial charge in [0.05, 0.1) is 12.6 Å². The Morgan fingerprint density at radius 2 is 1.90 bits per heavy atom. The monoisotopic (exact) mass is 397 g/mol. The molecule has 0 saturated carbocycles. The number of nitrogens with one attached hydrogen (secondary N) is 2. The van der Waals surface area contributed by atoms with Crippen LogP contribution in [0.1, 0.15) is 56.4 Å². The summed E-state index contributed by atoms with van der Waals surface area (Å²) in [6.45, 7) is 8.89. The number of nitrogens with zero attached hydrogens (tertiary/aromatic N) is 5. The third kappa shape index (κ3) is 5.56. The molecular formula is C22H35N7. The first-order valence-corrected chi connectivity index (χ1v) is 10.9. The zero-order chi connectivity index (χ0) is 20.5. The number of hydrogen-bond donors (Lipinski definition) is 2. The Morgan fingerprint density at radius 3 is 2.62 bits per heavy atom. The van der Waals surface area contributed by atoms with Crippen molar-refractivity contribution in [3.05, 3.63) is 47.5 Å². The second-order valence-electron chi connectivity index (χ2n) is 7.45. The SMILES string of the molecule is CCN(CC)C(CNC(=NC)NCc1nnc2n1CCCCC2)c1ccccc1. The molecule has 7 heteroatoms. The zero-order valence-electron chi connectivity index (χ0n) is 18.1. The summed E-state index contributed by atoms with van der Waals surface area (Å²) < 4.78 is 2.27. The molecule has 0 amide bonds. The van der Waals surface area contributed by atoms with E-state index in [9.17, 15) is 0 Å². The molecule has 1 unspecified atom stereocenters. The highest BCUT2D eigenvalue weighted by atomic mass is 15.3. The molecule has 1 aromatic carbocycles. The summed E-state index contributed by atoms with van der Waals surface area (Å²) in [4.78, 5) is 6.88. The van der Waals surface area contributed by atoms with Crippen LogP contribution in [-0.2, 0) is 19.5 Å². The van der Waals surface area contributed by atoms with Crippen LogP contribution in [-0.4, -0.2) is 52.3 Å². The van der Waals surface area contributed by atoms with Crippen molar-refractivity contribution in [1.82, 2.24) is 30.3 Å². The lowest BCUT2D eigenvalue weighted by atomic mass is 10.1. The van der Waals surface area contributed by atoms with Gasteiger partial charge in [-0.1, -0.05) is 50.6 Å². The van der Waals surface area contributed by atoms with Crippen molar-refractivity contribution in [2.24, 2.45) is 4.99 Å². The Balaban J connectivity index is 1.61. The lowest BCUT2D eigenvalue weighted by Crippen LogP contribution is -2.43. The highest BCUT2D eigenvalue weighted by Crippen LogP contribution is 2.19. The third-order valence-corrected chi connectivity index (χ3v) is 5.72. The van der Waals surface area contributed by atoms with E-state index in [4.69, 9.17) is 0 Å². The Labute approximate surface area is 174 Å². The normalized spacial score (nSPS) is 15.7. The van der Waals surface area contributed by atoms with Crippen LogP contribution in [0.25, 0.3) is 0 Å². The first-order chi connectivity index (χ1) is 14.3. The molecule has 7 nitrogen and oxygen atoms in total. The number of aliphatic imine (C=N–C) groups is 1. The molecule has 1 aromatic heterocycles. The summed E-state index contributed by atoms with van der Waals surface area (Å²) in [6.07, 6.45) is 4.71. The van der Waals surface area contributed by atoms with Crippen LogP contribution in [0.4, 0.5) is 0 Å².